The summed E-state index contributed by atoms with van der Waals surface area (Å²) in [5, 5.41) is 11.5. The molecular formula is C16H22N2O7S. The number of carbonyl (C=O) groups is 3. The number of rotatable bonds is 10. The Hall–Kier alpha value is -2.46. The van der Waals surface area contributed by atoms with Crippen molar-refractivity contribution in [2.75, 3.05) is 13.2 Å². The van der Waals surface area contributed by atoms with E-state index in [4.69, 9.17) is 0 Å². The van der Waals surface area contributed by atoms with E-state index >= 15 is 0 Å². The number of amides is 1. The van der Waals surface area contributed by atoms with Gasteiger partial charge in [0.15, 0.2) is 0 Å². The topological polar surface area (TPSA) is 139 Å². The molecular weight excluding hydrogens is 364 g/mol. The number of hydrogen-bond donors (Lipinski definition) is 3. The monoisotopic (exact) mass is 386 g/mol. The summed E-state index contributed by atoms with van der Waals surface area (Å²) in [4.78, 5) is 34.0. The van der Waals surface area contributed by atoms with Crippen LogP contribution in [-0.2, 0) is 29.1 Å². The third-order valence-corrected chi connectivity index (χ3v) is 4.81. The summed E-state index contributed by atoms with van der Waals surface area (Å²) in [6.07, 6.45) is -0.540. The largest absolute Gasteiger partial charge is 0.480 e. The molecule has 0 unspecified atom stereocenters. The number of aliphatic carboxylic acids is 1. The molecule has 0 fully saturated rings. The van der Waals surface area contributed by atoms with E-state index in [1.54, 1.807) is 26.0 Å². The van der Waals surface area contributed by atoms with Crippen LogP contribution in [0.15, 0.2) is 29.2 Å². The molecule has 0 spiro atoms. The summed E-state index contributed by atoms with van der Waals surface area (Å²) in [6.45, 7) is 3.26. The van der Waals surface area contributed by atoms with Crippen LogP contribution in [0.1, 0.15) is 25.3 Å². The first-order chi connectivity index (χ1) is 12.2. The number of carboxylic acid groups (broad SMARTS) is 1. The molecule has 1 amide bonds. The fourth-order valence-electron chi connectivity index (χ4n) is 1.95. The zero-order chi connectivity index (χ0) is 19.7. The highest BCUT2D eigenvalue weighted by molar-refractivity contribution is 7.89. The molecule has 26 heavy (non-hydrogen) atoms. The summed E-state index contributed by atoms with van der Waals surface area (Å²) >= 11 is 0. The zero-order valence-electron chi connectivity index (χ0n) is 14.5. The van der Waals surface area contributed by atoms with Gasteiger partial charge in [0, 0.05) is 6.42 Å². The molecule has 1 aromatic carbocycles. The Morgan fingerprint density at radius 3 is 2.35 bits per heavy atom. The number of nitrogens with one attached hydrogen (secondary N) is 2. The third-order valence-electron chi connectivity index (χ3n) is 3.32. The van der Waals surface area contributed by atoms with E-state index in [-0.39, 0.29) is 30.9 Å². The van der Waals surface area contributed by atoms with E-state index in [9.17, 15) is 27.9 Å². The van der Waals surface area contributed by atoms with Crippen LogP contribution < -0.4 is 10.0 Å². The van der Waals surface area contributed by atoms with Crippen LogP contribution in [0, 0.1) is 6.92 Å². The van der Waals surface area contributed by atoms with Gasteiger partial charge >= 0.3 is 11.9 Å². The fourth-order valence-corrected chi connectivity index (χ4v) is 3.18. The van der Waals surface area contributed by atoms with Gasteiger partial charge in [-0.05, 0) is 32.4 Å². The number of benzene rings is 1. The van der Waals surface area contributed by atoms with Crippen LogP contribution in [0.3, 0.4) is 0 Å². The number of carbonyl (C=O) groups excluding carboxylic acids is 2. The van der Waals surface area contributed by atoms with Crippen molar-refractivity contribution in [3.05, 3.63) is 29.8 Å². The molecule has 0 heterocycles. The van der Waals surface area contributed by atoms with E-state index in [2.05, 4.69) is 14.8 Å². The summed E-state index contributed by atoms with van der Waals surface area (Å²) in [5.41, 5.74) is 0.858. The van der Waals surface area contributed by atoms with Crippen LogP contribution in [0.2, 0.25) is 0 Å². The number of aryl methyl sites for hydroxylation is 1. The molecule has 3 N–H and O–H groups in total. The average Bonchev–Trinajstić information content (AvgIpc) is 2.57. The van der Waals surface area contributed by atoms with E-state index in [1.807, 2.05) is 0 Å². The van der Waals surface area contributed by atoms with Crippen LogP contribution >= 0.6 is 0 Å². The average molecular weight is 386 g/mol. The normalized spacial score (nSPS) is 12.2. The minimum Gasteiger partial charge on any atom is -0.480 e. The summed E-state index contributed by atoms with van der Waals surface area (Å²) in [7, 11) is -4.04. The predicted molar refractivity (Wildman–Crippen MR) is 91.8 cm³/mol. The second kappa shape index (κ2) is 9.88. The van der Waals surface area contributed by atoms with Crippen LogP contribution in [-0.4, -0.2) is 50.6 Å². The van der Waals surface area contributed by atoms with Gasteiger partial charge < -0.3 is 15.2 Å². The van der Waals surface area contributed by atoms with Crippen molar-refractivity contribution in [2.45, 2.75) is 37.6 Å². The smallest absolute Gasteiger partial charge is 0.325 e. The third kappa shape index (κ3) is 7.19. The lowest BCUT2D eigenvalue weighted by atomic mass is 10.1. The highest BCUT2D eigenvalue weighted by Crippen LogP contribution is 2.12. The minimum atomic E-state index is -4.04. The first-order valence-electron chi connectivity index (χ1n) is 7.90. The Morgan fingerprint density at radius 1 is 1.19 bits per heavy atom. The van der Waals surface area contributed by atoms with E-state index in [1.165, 1.54) is 12.1 Å². The molecule has 1 aromatic rings. The Bertz CT molecular complexity index is 744. The number of carboxylic acids is 1. The number of hydrogen-bond acceptors (Lipinski definition) is 6. The quantitative estimate of drug-likeness (QED) is 0.488. The van der Waals surface area contributed by atoms with Gasteiger partial charge in [0.05, 0.1) is 11.5 Å². The fraction of sp³-hybridized carbons (Fsp3) is 0.438. The Kier molecular flexibility index (Phi) is 8.20. The van der Waals surface area contributed by atoms with E-state index in [0.29, 0.717) is 0 Å². The van der Waals surface area contributed by atoms with Crippen LogP contribution in [0.25, 0.3) is 0 Å². The summed E-state index contributed by atoms with van der Waals surface area (Å²) in [5.74, 6) is -2.60. The molecule has 1 rings (SSSR count). The molecule has 0 saturated heterocycles. The lowest BCUT2D eigenvalue weighted by Gasteiger charge is -2.15. The van der Waals surface area contributed by atoms with Crippen LogP contribution in [0.5, 0.6) is 0 Å². The van der Waals surface area contributed by atoms with Crippen molar-refractivity contribution in [3.63, 3.8) is 0 Å². The summed E-state index contributed by atoms with van der Waals surface area (Å²) in [6, 6.07) is 4.43. The number of ether oxygens (including phenoxy) is 1. The standard InChI is InChI=1S/C16H22N2O7S/c1-3-25-15(20)10-17-14(19)9-8-13(16(21)22)18-26(23,24)12-6-4-11(2)5-7-12/h4-7,13,18H,3,8-10H2,1-2H3,(H,17,19)(H,21,22)/t13-/m1/s1. The van der Waals surface area contributed by atoms with E-state index in [0.717, 1.165) is 5.56 Å². The molecule has 0 saturated carbocycles. The second-order valence-corrected chi connectivity index (χ2v) is 7.16. The molecule has 0 radical (unpaired) electrons. The predicted octanol–water partition coefficient (Wildman–Crippen LogP) is 0.186. The Morgan fingerprint density at radius 2 is 1.81 bits per heavy atom. The maximum absolute atomic E-state index is 12.3. The molecule has 0 aliphatic rings. The molecule has 9 nitrogen and oxygen atoms in total. The van der Waals surface area contributed by atoms with Gasteiger partial charge in [-0.1, -0.05) is 17.7 Å². The van der Waals surface area contributed by atoms with Gasteiger partial charge in [0.25, 0.3) is 0 Å². The summed E-state index contributed by atoms with van der Waals surface area (Å²) < 4.78 is 31.2. The van der Waals surface area contributed by atoms with E-state index < -0.39 is 33.9 Å². The SMILES string of the molecule is CCOC(=O)CNC(=O)CC[C@@H](NS(=O)(=O)c1ccc(C)cc1)C(=O)O. The van der Waals surface area contributed by atoms with Crippen molar-refractivity contribution >= 4 is 27.9 Å². The Labute approximate surface area is 151 Å². The minimum absolute atomic E-state index is 0.0684. The van der Waals surface area contributed by atoms with Crippen molar-refractivity contribution in [1.82, 2.24) is 10.0 Å². The maximum Gasteiger partial charge on any atom is 0.325 e. The first kappa shape index (κ1) is 21.6. The van der Waals surface area contributed by atoms with Crippen molar-refractivity contribution in [3.8, 4) is 0 Å². The first-order valence-corrected chi connectivity index (χ1v) is 9.38. The zero-order valence-corrected chi connectivity index (χ0v) is 15.3. The second-order valence-electron chi connectivity index (χ2n) is 5.45. The molecule has 0 aliphatic carbocycles. The Balaban J connectivity index is 2.63. The molecule has 0 aliphatic heterocycles. The molecule has 0 aromatic heterocycles. The molecule has 1 atom stereocenters. The maximum atomic E-state index is 12.3. The van der Waals surface area contributed by atoms with Crippen molar-refractivity contribution in [1.29, 1.82) is 0 Å². The molecule has 10 heteroatoms. The van der Waals surface area contributed by atoms with Gasteiger partial charge in [0.1, 0.15) is 12.6 Å². The number of sulfonamides is 1. The van der Waals surface area contributed by atoms with Crippen molar-refractivity contribution < 1.29 is 32.6 Å². The molecule has 0 bridgehead atoms. The lowest BCUT2D eigenvalue weighted by molar-refractivity contribution is -0.143. The van der Waals surface area contributed by atoms with Gasteiger partial charge in [-0.25, -0.2) is 8.42 Å². The highest BCUT2D eigenvalue weighted by Gasteiger charge is 2.26. The van der Waals surface area contributed by atoms with Gasteiger partial charge in [-0.15, -0.1) is 0 Å². The van der Waals surface area contributed by atoms with Gasteiger partial charge in [0.2, 0.25) is 15.9 Å². The number of esters is 1. The van der Waals surface area contributed by atoms with Crippen molar-refractivity contribution in [2.24, 2.45) is 0 Å². The molecule has 144 valence electrons. The lowest BCUT2D eigenvalue weighted by Crippen LogP contribution is -2.41. The highest BCUT2D eigenvalue weighted by atomic mass is 32.2. The van der Waals surface area contributed by atoms with Gasteiger partial charge in [-0.3, -0.25) is 14.4 Å². The van der Waals surface area contributed by atoms with Crippen LogP contribution in [0.4, 0.5) is 0 Å². The van der Waals surface area contributed by atoms with Gasteiger partial charge in [-0.2, -0.15) is 4.72 Å².